The summed E-state index contributed by atoms with van der Waals surface area (Å²) in [5.41, 5.74) is 1.63. The molecule has 0 fully saturated rings. The number of carbonyl (C=O) groups excluding carboxylic acids is 1. The monoisotopic (exact) mass is 408 g/mol. The van der Waals surface area contributed by atoms with Gasteiger partial charge in [-0.1, -0.05) is 54.1 Å². The molecule has 0 unspecified atom stereocenters. The van der Waals surface area contributed by atoms with Crippen molar-refractivity contribution in [3.8, 4) is 0 Å². The maximum absolute atomic E-state index is 13.3. The quantitative estimate of drug-likeness (QED) is 0.620. The van der Waals surface area contributed by atoms with Crippen LogP contribution < -0.4 is 0 Å². The van der Waals surface area contributed by atoms with Gasteiger partial charge in [0.1, 0.15) is 12.4 Å². The molecule has 6 nitrogen and oxygen atoms in total. The minimum atomic E-state index is -3.90. The first-order valence-corrected chi connectivity index (χ1v) is 10.6. The number of rotatable bonds is 4. The van der Waals surface area contributed by atoms with Gasteiger partial charge in [0, 0.05) is 0 Å². The number of ether oxygens (including phenoxy) is 1. The topological polar surface area (TPSA) is 76.0 Å². The molecule has 2 atom stereocenters. The highest BCUT2D eigenvalue weighted by Gasteiger charge is 2.43. The van der Waals surface area contributed by atoms with Crippen molar-refractivity contribution in [1.29, 1.82) is 0 Å². The summed E-state index contributed by atoms with van der Waals surface area (Å²) in [5.74, 6) is -0.582. The minimum Gasteiger partial charge on any atom is -0.467 e. The van der Waals surface area contributed by atoms with Gasteiger partial charge in [-0.25, -0.2) is 17.5 Å². The van der Waals surface area contributed by atoms with E-state index in [2.05, 4.69) is 4.99 Å². The number of aliphatic imine (C=N–C) groups is 1. The van der Waals surface area contributed by atoms with Crippen LogP contribution in [-0.2, 0) is 19.6 Å². The number of esters is 1. The summed E-state index contributed by atoms with van der Waals surface area (Å²) in [6.07, 6.45) is 1.22. The van der Waals surface area contributed by atoms with Crippen LogP contribution in [0.15, 0.2) is 76.6 Å². The van der Waals surface area contributed by atoms with Crippen molar-refractivity contribution < 1.29 is 17.9 Å². The minimum absolute atomic E-state index is 0.144. The molecule has 0 aromatic heterocycles. The number of sulfonamides is 1. The molecular weight excluding hydrogens is 388 g/mol. The van der Waals surface area contributed by atoms with Crippen LogP contribution in [0.1, 0.15) is 17.2 Å². The largest absolute Gasteiger partial charge is 0.467 e. The van der Waals surface area contributed by atoms with Gasteiger partial charge in [0.2, 0.25) is 0 Å². The van der Waals surface area contributed by atoms with Crippen molar-refractivity contribution in [2.75, 3.05) is 7.11 Å². The van der Waals surface area contributed by atoms with E-state index in [1.165, 1.54) is 13.4 Å². The first-order valence-electron chi connectivity index (χ1n) is 9.12. The fraction of sp³-hybridized carbons (Fsp3) is 0.182. The van der Waals surface area contributed by atoms with Crippen LogP contribution in [0.4, 0.5) is 0 Å². The van der Waals surface area contributed by atoms with Gasteiger partial charge in [0.15, 0.2) is 6.04 Å². The molecule has 0 saturated heterocycles. The summed E-state index contributed by atoms with van der Waals surface area (Å²) < 4.78 is 32.7. The van der Waals surface area contributed by atoms with E-state index in [-0.39, 0.29) is 4.90 Å². The molecule has 1 aliphatic heterocycles. The van der Waals surface area contributed by atoms with Crippen LogP contribution in [0.5, 0.6) is 0 Å². The normalized spacial score (nSPS) is 18.9. The molecule has 0 saturated carbocycles. The van der Waals surface area contributed by atoms with Crippen molar-refractivity contribution in [1.82, 2.24) is 4.31 Å². The third kappa shape index (κ3) is 3.38. The third-order valence-corrected chi connectivity index (χ3v) is 6.81. The summed E-state index contributed by atoms with van der Waals surface area (Å²) in [6.45, 7) is 1.89. The van der Waals surface area contributed by atoms with Crippen molar-refractivity contribution in [3.63, 3.8) is 0 Å². The van der Waals surface area contributed by atoms with Gasteiger partial charge in [0.25, 0.3) is 10.0 Å². The summed E-state index contributed by atoms with van der Waals surface area (Å²) >= 11 is 0. The van der Waals surface area contributed by atoms with Crippen LogP contribution in [0.3, 0.4) is 0 Å². The standard InChI is InChI=1S/C22H20N2O4S/c1-15-7-11-19(12-8-15)29(26,27)24-14-23-20(22(25)28-2)21(24)18-10-9-16-5-3-4-6-17(16)13-18/h3-14,20-21H,1-2H3/t20-,21+/m1/s1. The van der Waals surface area contributed by atoms with Gasteiger partial charge in [-0.05, 0) is 41.5 Å². The number of benzene rings is 3. The zero-order chi connectivity index (χ0) is 20.6. The van der Waals surface area contributed by atoms with Crippen molar-refractivity contribution in [3.05, 3.63) is 77.9 Å². The molecule has 4 rings (SSSR count). The zero-order valence-corrected chi connectivity index (χ0v) is 16.8. The van der Waals surface area contributed by atoms with Crippen LogP contribution >= 0.6 is 0 Å². The predicted molar refractivity (Wildman–Crippen MR) is 111 cm³/mol. The Balaban J connectivity index is 1.82. The van der Waals surface area contributed by atoms with E-state index in [9.17, 15) is 13.2 Å². The molecule has 1 heterocycles. The highest BCUT2D eigenvalue weighted by molar-refractivity contribution is 7.89. The molecule has 0 radical (unpaired) electrons. The highest BCUT2D eigenvalue weighted by Crippen LogP contribution is 2.36. The number of hydrogen-bond donors (Lipinski definition) is 0. The van der Waals surface area contributed by atoms with E-state index in [1.54, 1.807) is 24.3 Å². The van der Waals surface area contributed by atoms with Crippen molar-refractivity contribution >= 4 is 33.1 Å². The molecule has 1 aliphatic rings. The molecule has 7 heteroatoms. The molecule has 0 N–H and O–H groups in total. The van der Waals surface area contributed by atoms with E-state index in [1.807, 2.05) is 49.4 Å². The Kier molecular flexibility index (Phi) is 4.84. The molecule has 148 valence electrons. The van der Waals surface area contributed by atoms with E-state index in [0.717, 1.165) is 20.6 Å². The number of methoxy groups -OCH3 is 1. The Morgan fingerprint density at radius 3 is 2.38 bits per heavy atom. The van der Waals surface area contributed by atoms with Crippen LogP contribution in [0, 0.1) is 6.92 Å². The Morgan fingerprint density at radius 1 is 1.00 bits per heavy atom. The van der Waals surface area contributed by atoms with Gasteiger partial charge < -0.3 is 4.74 Å². The second-order valence-electron chi connectivity index (χ2n) is 6.93. The molecule has 0 spiro atoms. The fourth-order valence-electron chi connectivity index (χ4n) is 3.51. The Morgan fingerprint density at radius 2 is 1.69 bits per heavy atom. The van der Waals surface area contributed by atoms with Crippen LogP contribution in [0.2, 0.25) is 0 Å². The first-order chi connectivity index (χ1) is 13.9. The maximum Gasteiger partial charge on any atom is 0.333 e. The highest BCUT2D eigenvalue weighted by atomic mass is 32.2. The first kappa shape index (κ1) is 19.1. The van der Waals surface area contributed by atoms with Crippen LogP contribution in [-0.4, -0.2) is 38.2 Å². The number of aryl methyl sites for hydroxylation is 1. The molecule has 3 aromatic rings. The van der Waals surface area contributed by atoms with Gasteiger partial charge in [0.05, 0.1) is 12.0 Å². The zero-order valence-electron chi connectivity index (χ0n) is 16.0. The molecule has 0 bridgehead atoms. The molecule has 0 amide bonds. The lowest BCUT2D eigenvalue weighted by Gasteiger charge is -2.27. The molecule has 0 aliphatic carbocycles. The second kappa shape index (κ2) is 7.33. The van der Waals surface area contributed by atoms with Crippen molar-refractivity contribution in [2.24, 2.45) is 4.99 Å². The number of nitrogens with zero attached hydrogens (tertiary/aromatic N) is 2. The average molecular weight is 408 g/mol. The number of hydrogen-bond acceptors (Lipinski definition) is 5. The molecule has 29 heavy (non-hydrogen) atoms. The van der Waals surface area contributed by atoms with Gasteiger partial charge >= 0.3 is 5.97 Å². The lowest BCUT2D eigenvalue weighted by atomic mass is 9.97. The van der Waals surface area contributed by atoms with Crippen LogP contribution in [0.25, 0.3) is 10.8 Å². The van der Waals surface area contributed by atoms with Gasteiger partial charge in [-0.15, -0.1) is 0 Å². The Labute approximate surface area is 169 Å². The lowest BCUT2D eigenvalue weighted by Crippen LogP contribution is -2.37. The molecular formula is C22H20N2O4S. The Bertz CT molecular complexity index is 1200. The number of carbonyl (C=O) groups is 1. The van der Waals surface area contributed by atoms with E-state index < -0.39 is 28.1 Å². The summed E-state index contributed by atoms with van der Waals surface area (Å²) in [4.78, 5) is 16.7. The van der Waals surface area contributed by atoms with Gasteiger partial charge in [-0.3, -0.25) is 4.99 Å². The lowest BCUT2D eigenvalue weighted by molar-refractivity contribution is -0.142. The average Bonchev–Trinajstić information content (AvgIpc) is 3.19. The SMILES string of the molecule is COC(=O)[C@@H]1N=CN(S(=O)(=O)c2ccc(C)cc2)[C@H]1c1ccc2ccccc2c1. The summed E-state index contributed by atoms with van der Waals surface area (Å²) in [7, 11) is -2.63. The summed E-state index contributed by atoms with van der Waals surface area (Å²) in [6, 6.07) is 18.2. The Hall–Kier alpha value is -3.19. The molecule has 3 aromatic carbocycles. The van der Waals surface area contributed by atoms with Gasteiger partial charge in [-0.2, -0.15) is 0 Å². The third-order valence-electron chi connectivity index (χ3n) is 5.07. The van der Waals surface area contributed by atoms with Crippen molar-refractivity contribution in [2.45, 2.75) is 23.9 Å². The predicted octanol–water partition coefficient (Wildman–Crippen LogP) is 3.46. The maximum atomic E-state index is 13.3. The van der Waals surface area contributed by atoms with E-state index in [0.29, 0.717) is 5.56 Å². The van der Waals surface area contributed by atoms with E-state index in [4.69, 9.17) is 4.74 Å². The summed E-state index contributed by atoms with van der Waals surface area (Å²) in [5, 5.41) is 1.98. The smallest absolute Gasteiger partial charge is 0.333 e. The fourth-order valence-corrected chi connectivity index (χ4v) is 4.94. The second-order valence-corrected chi connectivity index (χ2v) is 8.78. The van der Waals surface area contributed by atoms with E-state index >= 15 is 0 Å². The number of fused-ring (bicyclic) bond motifs is 1.